The smallest absolute Gasteiger partial charge is 0.228 e. The van der Waals surface area contributed by atoms with E-state index in [-0.39, 0.29) is 36.0 Å². The number of nitrogens with one attached hydrogen (secondary N) is 3. The zero-order valence-corrected chi connectivity index (χ0v) is 19.5. The van der Waals surface area contributed by atoms with Crippen molar-refractivity contribution in [1.29, 1.82) is 5.26 Å². The summed E-state index contributed by atoms with van der Waals surface area (Å²) in [6.07, 6.45) is 5.00. The van der Waals surface area contributed by atoms with Crippen molar-refractivity contribution in [1.82, 2.24) is 20.7 Å². The van der Waals surface area contributed by atoms with Gasteiger partial charge in [-0.2, -0.15) is 5.26 Å². The van der Waals surface area contributed by atoms with Crippen molar-refractivity contribution in [2.24, 2.45) is 11.8 Å². The van der Waals surface area contributed by atoms with Crippen molar-refractivity contribution >= 4 is 11.6 Å². The molecule has 2 saturated heterocycles. The van der Waals surface area contributed by atoms with Gasteiger partial charge in [-0.1, -0.05) is 18.9 Å². The minimum absolute atomic E-state index is 0.0316. The van der Waals surface area contributed by atoms with Gasteiger partial charge in [0.05, 0.1) is 17.9 Å². The van der Waals surface area contributed by atoms with Crippen LogP contribution in [0.15, 0.2) is 18.2 Å². The van der Waals surface area contributed by atoms with Crippen molar-refractivity contribution in [2.45, 2.75) is 89.8 Å². The van der Waals surface area contributed by atoms with E-state index in [0.29, 0.717) is 18.6 Å². The quantitative estimate of drug-likeness (QED) is 0.673. The molecule has 1 aromatic rings. The SMILES string of the molecule is CC(C)N1Cc2cc(NC3NN([C@H]4CCCC[C@@H]4C#N)C4CCNC(=O)C34)ccc2C1C. The van der Waals surface area contributed by atoms with Crippen LogP contribution in [0.1, 0.15) is 70.0 Å². The van der Waals surface area contributed by atoms with Crippen LogP contribution >= 0.6 is 0 Å². The first kappa shape index (κ1) is 21.7. The maximum atomic E-state index is 12.9. The molecule has 3 N–H and O–H groups in total. The van der Waals surface area contributed by atoms with E-state index < -0.39 is 0 Å². The molecule has 4 unspecified atom stereocenters. The van der Waals surface area contributed by atoms with Crippen LogP contribution < -0.4 is 16.1 Å². The Bertz CT molecular complexity index is 910. The van der Waals surface area contributed by atoms with E-state index in [1.165, 1.54) is 11.1 Å². The summed E-state index contributed by atoms with van der Waals surface area (Å²) in [5.41, 5.74) is 7.47. The van der Waals surface area contributed by atoms with Crippen molar-refractivity contribution in [3.63, 3.8) is 0 Å². The Hall–Kier alpha value is -2.14. The second kappa shape index (κ2) is 8.66. The number of rotatable bonds is 4. The van der Waals surface area contributed by atoms with E-state index in [1.807, 2.05) is 0 Å². The largest absolute Gasteiger partial charge is 0.368 e. The van der Waals surface area contributed by atoms with E-state index >= 15 is 0 Å². The van der Waals surface area contributed by atoms with Gasteiger partial charge in [-0.25, -0.2) is 10.4 Å². The molecule has 5 rings (SSSR count). The third kappa shape index (κ3) is 3.68. The number of piperidine rings is 1. The molecule has 1 aromatic carbocycles. The highest BCUT2D eigenvalue weighted by atomic mass is 16.2. The Morgan fingerprint density at radius 2 is 2.00 bits per heavy atom. The first-order valence-corrected chi connectivity index (χ1v) is 12.3. The molecule has 7 nitrogen and oxygen atoms in total. The monoisotopic (exact) mass is 436 g/mol. The van der Waals surface area contributed by atoms with Gasteiger partial charge in [0.1, 0.15) is 6.17 Å². The standard InChI is InChI=1S/C25H36N6O/c1-15(2)30-14-18-12-19(8-9-20(18)16(30)3)28-24-23-22(10-11-27-25(23)32)31(29-24)21-7-5-4-6-17(21)13-26/h8-9,12,15-17,21-24,28-29H,4-7,10-11,14H2,1-3H3,(H,27,32)/t16?,17-,21+,22?,23?,24?/m1/s1. The fourth-order valence-electron chi connectivity index (χ4n) is 6.46. The number of amides is 1. The number of fused-ring (bicyclic) bond motifs is 2. The predicted molar refractivity (Wildman–Crippen MR) is 124 cm³/mol. The molecule has 1 amide bonds. The first-order valence-electron chi connectivity index (χ1n) is 12.3. The number of anilines is 1. The highest BCUT2D eigenvalue weighted by molar-refractivity contribution is 5.82. The van der Waals surface area contributed by atoms with Gasteiger partial charge in [-0.05, 0) is 63.3 Å². The fourth-order valence-corrected chi connectivity index (χ4v) is 6.46. The van der Waals surface area contributed by atoms with Gasteiger partial charge in [-0.3, -0.25) is 9.69 Å². The molecule has 7 heteroatoms. The van der Waals surface area contributed by atoms with Gasteiger partial charge >= 0.3 is 0 Å². The lowest BCUT2D eigenvalue weighted by Crippen LogP contribution is -2.54. The van der Waals surface area contributed by atoms with Crippen LogP contribution in [-0.4, -0.2) is 46.7 Å². The number of carbonyl (C=O) groups is 1. The molecular weight excluding hydrogens is 400 g/mol. The van der Waals surface area contributed by atoms with Crippen LogP contribution in [0.2, 0.25) is 0 Å². The molecule has 0 bridgehead atoms. The van der Waals surface area contributed by atoms with Crippen LogP contribution in [0.4, 0.5) is 5.69 Å². The normalized spacial score (nSPS) is 35.3. The van der Waals surface area contributed by atoms with Crippen LogP contribution in [0, 0.1) is 23.2 Å². The zero-order chi connectivity index (χ0) is 22.4. The van der Waals surface area contributed by atoms with Gasteiger partial charge in [0.2, 0.25) is 5.91 Å². The molecule has 3 fully saturated rings. The Labute approximate surface area is 191 Å². The second-order valence-electron chi connectivity index (χ2n) is 10.3. The summed E-state index contributed by atoms with van der Waals surface area (Å²) in [7, 11) is 0. The Kier molecular flexibility index (Phi) is 5.87. The Morgan fingerprint density at radius 3 is 2.78 bits per heavy atom. The topological polar surface area (TPSA) is 83.4 Å². The van der Waals surface area contributed by atoms with E-state index in [0.717, 1.165) is 44.3 Å². The first-order chi connectivity index (χ1) is 15.5. The lowest BCUT2D eigenvalue weighted by atomic mass is 9.83. The van der Waals surface area contributed by atoms with Crippen LogP contribution in [-0.2, 0) is 11.3 Å². The minimum atomic E-state index is -0.167. The third-order valence-electron chi connectivity index (χ3n) is 8.14. The maximum absolute atomic E-state index is 12.9. The minimum Gasteiger partial charge on any atom is -0.368 e. The highest BCUT2D eigenvalue weighted by Crippen LogP contribution is 2.38. The van der Waals surface area contributed by atoms with E-state index in [1.54, 1.807) is 0 Å². The molecule has 0 spiro atoms. The molecule has 32 heavy (non-hydrogen) atoms. The third-order valence-corrected chi connectivity index (χ3v) is 8.14. The van der Waals surface area contributed by atoms with Gasteiger partial charge in [0, 0.05) is 42.9 Å². The highest BCUT2D eigenvalue weighted by Gasteiger charge is 2.51. The number of hydrogen-bond acceptors (Lipinski definition) is 6. The van der Waals surface area contributed by atoms with E-state index in [2.05, 4.69) is 71.0 Å². The molecular formula is C25H36N6O. The average molecular weight is 437 g/mol. The molecule has 3 heterocycles. The molecule has 0 aromatic heterocycles. The summed E-state index contributed by atoms with van der Waals surface area (Å²) in [6, 6.07) is 10.4. The number of carbonyl (C=O) groups excluding carboxylic acids is 1. The summed E-state index contributed by atoms with van der Waals surface area (Å²) >= 11 is 0. The van der Waals surface area contributed by atoms with Crippen LogP contribution in [0.3, 0.4) is 0 Å². The van der Waals surface area contributed by atoms with Crippen molar-refractivity contribution in [2.75, 3.05) is 11.9 Å². The van der Waals surface area contributed by atoms with E-state index in [4.69, 9.17) is 0 Å². The lowest BCUT2D eigenvalue weighted by molar-refractivity contribution is -0.128. The molecule has 4 aliphatic rings. The number of hydrogen-bond donors (Lipinski definition) is 3. The van der Waals surface area contributed by atoms with Crippen LogP contribution in [0.25, 0.3) is 0 Å². The number of hydrazine groups is 1. The van der Waals surface area contributed by atoms with Crippen molar-refractivity contribution in [3.05, 3.63) is 29.3 Å². The van der Waals surface area contributed by atoms with Crippen molar-refractivity contribution in [3.8, 4) is 6.07 Å². The Morgan fingerprint density at radius 1 is 1.19 bits per heavy atom. The van der Waals surface area contributed by atoms with Gasteiger partial charge in [0.15, 0.2) is 0 Å². The summed E-state index contributed by atoms with van der Waals surface area (Å²) in [6.45, 7) is 8.45. The fraction of sp³-hybridized carbons (Fsp3) is 0.680. The lowest BCUT2D eigenvalue weighted by Gasteiger charge is -2.39. The van der Waals surface area contributed by atoms with Gasteiger partial charge in [-0.15, -0.1) is 0 Å². The molecule has 172 valence electrons. The summed E-state index contributed by atoms with van der Waals surface area (Å²) < 4.78 is 0. The molecule has 0 radical (unpaired) electrons. The number of nitriles is 1. The average Bonchev–Trinajstić information content (AvgIpc) is 3.32. The maximum Gasteiger partial charge on any atom is 0.228 e. The van der Waals surface area contributed by atoms with Crippen molar-refractivity contribution < 1.29 is 4.79 Å². The van der Waals surface area contributed by atoms with Crippen LogP contribution in [0.5, 0.6) is 0 Å². The second-order valence-corrected chi connectivity index (χ2v) is 10.3. The van der Waals surface area contributed by atoms with E-state index in [9.17, 15) is 10.1 Å². The predicted octanol–water partition coefficient (Wildman–Crippen LogP) is 3.12. The van der Waals surface area contributed by atoms with Gasteiger partial charge < -0.3 is 10.6 Å². The summed E-state index contributed by atoms with van der Waals surface area (Å²) in [5.74, 6) is -0.0210. The summed E-state index contributed by atoms with van der Waals surface area (Å²) in [5, 5.41) is 18.7. The number of benzene rings is 1. The zero-order valence-electron chi connectivity index (χ0n) is 19.5. The number of nitrogens with zero attached hydrogens (tertiary/aromatic N) is 3. The molecule has 1 aliphatic carbocycles. The summed E-state index contributed by atoms with van der Waals surface area (Å²) in [4.78, 5) is 15.4. The molecule has 6 atom stereocenters. The van der Waals surface area contributed by atoms with Gasteiger partial charge in [0.25, 0.3) is 0 Å². The Balaban J connectivity index is 1.37. The molecule has 1 saturated carbocycles. The molecule has 3 aliphatic heterocycles.